The molecular weight excluding hydrogens is 291 g/mol. The number of nitrogens with zero attached hydrogens (tertiary/aromatic N) is 3. The Hall–Kier alpha value is -2.63. The molecule has 6 heteroatoms. The fourth-order valence-corrected chi connectivity index (χ4v) is 2.18. The van der Waals surface area contributed by atoms with Crippen molar-refractivity contribution in [1.29, 1.82) is 0 Å². The third kappa shape index (κ3) is 2.59. The maximum absolute atomic E-state index is 13.8. The Morgan fingerprint density at radius 2 is 1.55 bits per heavy atom. The molecule has 0 spiro atoms. The summed E-state index contributed by atoms with van der Waals surface area (Å²) in [5, 5.41) is 7.50. The zero-order valence-corrected chi connectivity index (χ0v) is 11.7. The van der Waals surface area contributed by atoms with E-state index in [1.165, 1.54) is 28.8 Å². The highest BCUT2D eigenvalue weighted by atomic mass is 19.3. The van der Waals surface area contributed by atoms with Crippen LogP contribution in [-0.4, -0.2) is 14.8 Å². The Balaban J connectivity index is 2.24. The summed E-state index contributed by atoms with van der Waals surface area (Å²) in [4.78, 5) is 0. The molecule has 1 heterocycles. The summed E-state index contributed by atoms with van der Waals surface area (Å²) in [7, 11) is 0. The van der Waals surface area contributed by atoms with Crippen molar-refractivity contribution in [3.05, 3.63) is 66.2 Å². The van der Waals surface area contributed by atoms with Crippen molar-refractivity contribution >= 4 is 0 Å². The number of hydrogen-bond donors (Lipinski definition) is 0. The van der Waals surface area contributed by atoms with E-state index in [0.29, 0.717) is 11.3 Å². The minimum atomic E-state index is -3.15. The van der Waals surface area contributed by atoms with Gasteiger partial charge in [-0.25, -0.2) is 4.39 Å². The lowest BCUT2D eigenvalue weighted by molar-refractivity contribution is 0.00593. The Bertz CT molecular complexity index is 775. The van der Waals surface area contributed by atoms with Gasteiger partial charge in [0, 0.05) is 18.2 Å². The molecule has 0 saturated carbocycles. The maximum atomic E-state index is 13.8. The third-order valence-electron chi connectivity index (χ3n) is 3.17. The molecule has 0 aliphatic carbocycles. The first-order valence-electron chi connectivity index (χ1n) is 6.62. The molecule has 0 aliphatic heterocycles. The number of hydrogen-bond acceptors (Lipinski definition) is 2. The first-order chi connectivity index (χ1) is 10.5. The fourth-order valence-electron chi connectivity index (χ4n) is 2.18. The normalized spacial score (nSPS) is 11.6. The average molecular weight is 303 g/mol. The van der Waals surface area contributed by atoms with Gasteiger partial charge in [-0.15, -0.1) is 10.2 Å². The second-order valence-corrected chi connectivity index (χ2v) is 4.91. The largest absolute Gasteiger partial charge is 0.304 e. The summed E-state index contributed by atoms with van der Waals surface area (Å²) in [6.45, 7) is 0.769. The highest BCUT2D eigenvalue weighted by Gasteiger charge is 2.33. The molecule has 0 radical (unpaired) electrons. The van der Waals surface area contributed by atoms with Crippen LogP contribution in [0.3, 0.4) is 0 Å². The monoisotopic (exact) mass is 303 g/mol. The maximum Gasteiger partial charge on any atom is 0.304 e. The molecule has 3 aromatic rings. The topological polar surface area (TPSA) is 30.7 Å². The van der Waals surface area contributed by atoms with E-state index in [-0.39, 0.29) is 5.82 Å². The molecule has 0 fully saturated rings. The van der Waals surface area contributed by atoms with Gasteiger partial charge < -0.3 is 0 Å². The van der Waals surface area contributed by atoms with E-state index >= 15 is 0 Å². The summed E-state index contributed by atoms with van der Waals surface area (Å²) in [6.07, 6.45) is 0. The molecule has 112 valence electrons. The van der Waals surface area contributed by atoms with Gasteiger partial charge in [0.1, 0.15) is 5.82 Å². The van der Waals surface area contributed by atoms with E-state index in [0.717, 1.165) is 6.92 Å². The van der Waals surface area contributed by atoms with Gasteiger partial charge in [0.25, 0.3) is 0 Å². The average Bonchev–Trinajstić information content (AvgIpc) is 2.94. The molecule has 0 saturated heterocycles. The van der Waals surface area contributed by atoms with E-state index in [1.807, 2.05) is 0 Å². The highest BCUT2D eigenvalue weighted by molar-refractivity contribution is 5.58. The minimum Gasteiger partial charge on any atom is -0.274 e. The van der Waals surface area contributed by atoms with E-state index in [9.17, 15) is 13.2 Å². The molecule has 0 N–H and O–H groups in total. The van der Waals surface area contributed by atoms with E-state index in [1.54, 1.807) is 30.3 Å². The second-order valence-electron chi connectivity index (χ2n) is 4.91. The van der Waals surface area contributed by atoms with Gasteiger partial charge in [0.05, 0.1) is 0 Å². The molecule has 22 heavy (non-hydrogen) atoms. The Labute approximate surface area is 125 Å². The van der Waals surface area contributed by atoms with E-state index in [2.05, 4.69) is 10.2 Å². The predicted molar refractivity (Wildman–Crippen MR) is 76.3 cm³/mol. The van der Waals surface area contributed by atoms with Gasteiger partial charge in [-0.05, 0) is 36.4 Å². The number of benzene rings is 2. The number of alkyl halides is 2. The summed E-state index contributed by atoms with van der Waals surface area (Å²) in [6, 6.07) is 14.1. The number of para-hydroxylation sites is 1. The van der Waals surface area contributed by atoms with Crippen LogP contribution >= 0.6 is 0 Å². The minimum absolute atomic E-state index is 0.239. The molecule has 3 rings (SSSR count). The molecule has 0 amide bonds. The van der Waals surface area contributed by atoms with Gasteiger partial charge in [-0.3, -0.25) is 4.57 Å². The van der Waals surface area contributed by atoms with Crippen molar-refractivity contribution in [3.8, 4) is 17.1 Å². The summed E-state index contributed by atoms with van der Waals surface area (Å²) in [5.41, 5.74) is 1.02. The molecular formula is C16H12F3N3. The quantitative estimate of drug-likeness (QED) is 0.726. The number of halogens is 3. The smallest absolute Gasteiger partial charge is 0.274 e. The van der Waals surface area contributed by atoms with Gasteiger partial charge >= 0.3 is 5.92 Å². The van der Waals surface area contributed by atoms with Crippen molar-refractivity contribution in [3.63, 3.8) is 0 Å². The molecule has 2 aromatic carbocycles. The predicted octanol–water partition coefficient (Wildman–Crippen LogP) is 4.19. The lowest BCUT2D eigenvalue weighted by Crippen LogP contribution is -2.15. The molecule has 0 unspecified atom stereocenters. The van der Waals surface area contributed by atoms with Crippen molar-refractivity contribution in [1.82, 2.24) is 14.8 Å². The van der Waals surface area contributed by atoms with Crippen LogP contribution in [-0.2, 0) is 5.92 Å². The third-order valence-corrected chi connectivity index (χ3v) is 3.17. The van der Waals surface area contributed by atoms with Crippen LogP contribution < -0.4 is 0 Å². The van der Waals surface area contributed by atoms with Crippen LogP contribution in [0, 0.1) is 5.82 Å². The summed E-state index contributed by atoms with van der Waals surface area (Å²) >= 11 is 0. The Morgan fingerprint density at radius 1 is 0.909 bits per heavy atom. The van der Waals surface area contributed by atoms with Gasteiger partial charge in [0.15, 0.2) is 5.82 Å². The fraction of sp³-hybridized carbons (Fsp3) is 0.125. The van der Waals surface area contributed by atoms with Crippen molar-refractivity contribution in [2.24, 2.45) is 0 Å². The van der Waals surface area contributed by atoms with E-state index in [4.69, 9.17) is 0 Å². The molecule has 0 atom stereocenters. The van der Waals surface area contributed by atoms with Crippen LogP contribution in [0.5, 0.6) is 0 Å². The first kappa shape index (κ1) is 14.3. The molecule has 1 aromatic heterocycles. The van der Waals surface area contributed by atoms with Crippen LogP contribution in [0.25, 0.3) is 17.1 Å². The highest BCUT2D eigenvalue weighted by Crippen LogP contribution is 2.31. The lowest BCUT2D eigenvalue weighted by Gasteiger charge is -2.14. The Kier molecular flexibility index (Phi) is 3.44. The van der Waals surface area contributed by atoms with Gasteiger partial charge in [-0.1, -0.05) is 18.2 Å². The van der Waals surface area contributed by atoms with Crippen LogP contribution in [0.15, 0.2) is 54.6 Å². The second kappa shape index (κ2) is 5.29. The molecule has 3 nitrogen and oxygen atoms in total. The zero-order chi connectivity index (χ0) is 15.7. The van der Waals surface area contributed by atoms with Crippen molar-refractivity contribution in [2.75, 3.05) is 0 Å². The van der Waals surface area contributed by atoms with Crippen molar-refractivity contribution in [2.45, 2.75) is 12.8 Å². The van der Waals surface area contributed by atoms with Gasteiger partial charge in [-0.2, -0.15) is 8.78 Å². The van der Waals surface area contributed by atoms with Crippen LogP contribution in [0.4, 0.5) is 13.2 Å². The summed E-state index contributed by atoms with van der Waals surface area (Å²) < 4.78 is 42.0. The first-order valence-corrected chi connectivity index (χ1v) is 6.62. The van der Waals surface area contributed by atoms with Crippen LogP contribution in [0.1, 0.15) is 12.7 Å². The lowest BCUT2D eigenvalue weighted by atomic mass is 10.2. The Morgan fingerprint density at radius 3 is 2.14 bits per heavy atom. The molecule has 0 bridgehead atoms. The standard InChI is InChI=1S/C16H12F3N3/c1-16(18,19)15-21-20-14(11-7-9-12(17)10-8-11)22(15)13-5-3-2-4-6-13/h2-10H,1H3. The zero-order valence-electron chi connectivity index (χ0n) is 11.7. The van der Waals surface area contributed by atoms with Crippen molar-refractivity contribution < 1.29 is 13.2 Å². The van der Waals surface area contributed by atoms with E-state index < -0.39 is 17.6 Å². The van der Waals surface area contributed by atoms with Crippen LogP contribution in [0.2, 0.25) is 0 Å². The van der Waals surface area contributed by atoms with Gasteiger partial charge in [0.2, 0.25) is 5.82 Å². The SMILES string of the molecule is CC(F)(F)c1nnc(-c2ccc(F)cc2)n1-c1ccccc1. The molecule has 0 aliphatic rings. The number of rotatable bonds is 3. The number of aromatic nitrogens is 3. The summed E-state index contributed by atoms with van der Waals surface area (Å²) in [5.74, 6) is -3.78.